The fourth-order valence-electron chi connectivity index (χ4n) is 1.22. The van der Waals surface area contributed by atoms with Gasteiger partial charge in [0, 0.05) is 17.0 Å². The van der Waals surface area contributed by atoms with Crippen molar-refractivity contribution in [2.75, 3.05) is 0 Å². The average molecular weight is 280 g/mol. The zero-order valence-electron chi connectivity index (χ0n) is 8.48. The number of nitrogens with zero attached hydrogens (tertiary/aromatic N) is 1. The molecular weight excluding hydrogens is 270 g/mol. The first-order valence-electron chi connectivity index (χ1n) is 4.70. The van der Waals surface area contributed by atoms with Crippen LogP contribution >= 0.6 is 15.9 Å². The fourth-order valence-corrected chi connectivity index (χ4v) is 1.78. The Kier molecular flexibility index (Phi) is 4.74. The van der Waals surface area contributed by atoms with Crippen LogP contribution in [0.5, 0.6) is 0 Å². The van der Waals surface area contributed by atoms with E-state index in [0.29, 0.717) is 12.8 Å². The Morgan fingerprint density at radius 3 is 2.88 bits per heavy atom. The summed E-state index contributed by atoms with van der Waals surface area (Å²) in [5.74, 6) is -0.972. The van der Waals surface area contributed by atoms with Gasteiger partial charge in [-0.05, 0) is 29.7 Å². The summed E-state index contributed by atoms with van der Waals surface area (Å²) in [5, 5.41) is 17.0. The maximum Gasteiger partial charge on any atom is 0.328 e. The molecule has 0 radical (unpaired) electrons. The molecule has 0 atom stereocenters. The Morgan fingerprint density at radius 1 is 1.56 bits per heavy atom. The van der Waals surface area contributed by atoms with Gasteiger partial charge in [0.25, 0.3) is 0 Å². The maximum atomic E-state index is 10.4. The molecule has 0 aromatic heterocycles. The molecular formula is C12H10BrNO2. The topological polar surface area (TPSA) is 61.1 Å². The first kappa shape index (κ1) is 12.5. The van der Waals surface area contributed by atoms with E-state index in [1.807, 2.05) is 18.2 Å². The van der Waals surface area contributed by atoms with Gasteiger partial charge < -0.3 is 5.11 Å². The average Bonchev–Trinajstić information content (AvgIpc) is 2.24. The lowest BCUT2D eigenvalue weighted by Gasteiger charge is -2.02. The third-order valence-electron chi connectivity index (χ3n) is 2.00. The van der Waals surface area contributed by atoms with E-state index in [9.17, 15) is 4.79 Å². The number of aryl methyl sites for hydroxylation is 1. The minimum atomic E-state index is -0.972. The van der Waals surface area contributed by atoms with Gasteiger partial charge in [-0.2, -0.15) is 5.26 Å². The molecule has 3 nitrogen and oxygen atoms in total. The maximum absolute atomic E-state index is 10.4. The van der Waals surface area contributed by atoms with Crippen molar-refractivity contribution in [3.8, 4) is 6.07 Å². The van der Waals surface area contributed by atoms with Gasteiger partial charge in [0.15, 0.2) is 0 Å². The first-order valence-corrected chi connectivity index (χ1v) is 5.49. The van der Waals surface area contributed by atoms with Crippen molar-refractivity contribution in [3.05, 3.63) is 39.9 Å². The second-order valence-corrected chi connectivity index (χ2v) is 4.04. The van der Waals surface area contributed by atoms with Crippen LogP contribution in [0, 0.1) is 11.3 Å². The Balaban J connectivity index is 2.83. The lowest BCUT2D eigenvalue weighted by atomic mass is 10.1. The minimum Gasteiger partial charge on any atom is -0.478 e. The predicted octanol–water partition coefficient (Wildman–Crippen LogP) is 3.00. The molecule has 4 heteroatoms. The second kappa shape index (κ2) is 6.09. The zero-order valence-corrected chi connectivity index (χ0v) is 10.1. The summed E-state index contributed by atoms with van der Waals surface area (Å²) < 4.78 is 0.834. The van der Waals surface area contributed by atoms with Crippen molar-refractivity contribution in [2.45, 2.75) is 12.8 Å². The first-order chi connectivity index (χ1) is 7.63. The van der Waals surface area contributed by atoms with Crippen LogP contribution in [0.15, 0.2) is 28.7 Å². The zero-order chi connectivity index (χ0) is 12.0. The van der Waals surface area contributed by atoms with E-state index < -0.39 is 5.97 Å². The summed E-state index contributed by atoms with van der Waals surface area (Å²) >= 11 is 3.36. The Morgan fingerprint density at radius 2 is 2.31 bits per heavy atom. The van der Waals surface area contributed by atoms with Crippen LogP contribution in [0.3, 0.4) is 0 Å². The molecule has 0 amide bonds. The number of halogens is 1. The number of carboxylic acids is 1. The highest BCUT2D eigenvalue weighted by atomic mass is 79.9. The van der Waals surface area contributed by atoms with Crippen molar-refractivity contribution in [2.24, 2.45) is 0 Å². The Hall–Kier alpha value is -1.60. The highest BCUT2D eigenvalue weighted by molar-refractivity contribution is 9.10. The van der Waals surface area contributed by atoms with Crippen LogP contribution in [0.1, 0.15) is 17.5 Å². The van der Waals surface area contributed by atoms with E-state index in [2.05, 4.69) is 22.0 Å². The van der Waals surface area contributed by atoms with Gasteiger partial charge >= 0.3 is 5.97 Å². The normalized spacial score (nSPS) is 10.2. The molecule has 1 aromatic carbocycles. The van der Waals surface area contributed by atoms with Crippen LogP contribution in [-0.4, -0.2) is 11.1 Å². The molecule has 0 saturated heterocycles. The molecule has 0 aliphatic rings. The van der Waals surface area contributed by atoms with Gasteiger partial charge in [-0.25, -0.2) is 4.79 Å². The van der Waals surface area contributed by atoms with Crippen LogP contribution in [0.2, 0.25) is 0 Å². The summed E-state index contributed by atoms with van der Waals surface area (Å²) in [7, 11) is 0. The Bertz CT molecular complexity index is 461. The summed E-state index contributed by atoms with van der Waals surface area (Å²) in [6.07, 6.45) is 3.81. The molecule has 0 spiro atoms. The molecule has 0 heterocycles. The SMILES string of the molecule is N#CCCc1ccc(/C=C/C(=O)O)c(Br)c1. The number of aliphatic carboxylic acids is 1. The van der Waals surface area contributed by atoms with E-state index in [4.69, 9.17) is 10.4 Å². The summed E-state index contributed by atoms with van der Waals surface area (Å²) in [6.45, 7) is 0. The standard InChI is InChI=1S/C12H10BrNO2/c13-11-8-9(2-1-7-14)3-4-10(11)5-6-12(15)16/h3-6,8H,1-2H2,(H,15,16)/b6-5+. The molecule has 0 fully saturated rings. The van der Waals surface area contributed by atoms with Crippen molar-refractivity contribution in [1.29, 1.82) is 5.26 Å². The van der Waals surface area contributed by atoms with Gasteiger partial charge in [-0.3, -0.25) is 0 Å². The molecule has 1 rings (SSSR count). The van der Waals surface area contributed by atoms with Gasteiger partial charge in [0.2, 0.25) is 0 Å². The Labute approximate surface area is 102 Å². The number of hydrogen-bond donors (Lipinski definition) is 1. The molecule has 0 aliphatic heterocycles. The third-order valence-corrected chi connectivity index (χ3v) is 2.68. The van der Waals surface area contributed by atoms with E-state index in [1.54, 1.807) is 0 Å². The number of carboxylic acid groups (broad SMARTS) is 1. The third kappa shape index (κ3) is 3.87. The summed E-state index contributed by atoms with van der Waals surface area (Å²) in [4.78, 5) is 10.4. The summed E-state index contributed by atoms with van der Waals surface area (Å²) in [5.41, 5.74) is 1.86. The number of rotatable bonds is 4. The molecule has 0 unspecified atom stereocenters. The van der Waals surface area contributed by atoms with Crippen LogP contribution in [0.25, 0.3) is 6.08 Å². The van der Waals surface area contributed by atoms with E-state index >= 15 is 0 Å². The highest BCUT2D eigenvalue weighted by Crippen LogP contribution is 2.20. The van der Waals surface area contributed by atoms with Gasteiger partial charge in [0.1, 0.15) is 0 Å². The van der Waals surface area contributed by atoms with Gasteiger partial charge in [-0.1, -0.05) is 28.1 Å². The van der Waals surface area contributed by atoms with Crippen molar-refractivity contribution >= 4 is 28.0 Å². The smallest absolute Gasteiger partial charge is 0.328 e. The minimum absolute atomic E-state index is 0.483. The lowest BCUT2D eigenvalue weighted by molar-refractivity contribution is -0.131. The number of benzene rings is 1. The monoisotopic (exact) mass is 279 g/mol. The van der Waals surface area contributed by atoms with Crippen molar-refractivity contribution in [1.82, 2.24) is 0 Å². The van der Waals surface area contributed by atoms with Crippen molar-refractivity contribution in [3.63, 3.8) is 0 Å². The summed E-state index contributed by atoms with van der Waals surface area (Å²) in [6, 6.07) is 7.71. The molecule has 0 aliphatic carbocycles. The van der Waals surface area contributed by atoms with Crippen LogP contribution < -0.4 is 0 Å². The fraction of sp³-hybridized carbons (Fsp3) is 0.167. The molecule has 1 N–H and O–H groups in total. The predicted molar refractivity (Wildman–Crippen MR) is 64.7 cm³/mol. The van der Waals surface area contributed by atoms with Gasteiger partial charge in [0.05, 0.1) is 6.07 Å². The number of carbonyl (C=O) groups is 1. The molecule has 1 aromatic rings. The molecule has 16 heavy (non-hydrogen) atoms. The van der Waals surface area contributed by atoms with Crippen LogP contribution in [0.4, 0.5) is 0 Å². The van der Waals surface area contributed by atoms with E-state index in [-0.39, 0.29) is 0 Å². The quantitative estimate of drug-likeness (QED) is 0.862. The van der Waals surface area contributed by atoms with Gasteiger partial charge in [-0.15, -0.1) is 0 Å². The number of nitriles is 1. The van der Waals surface area contributed by atoms with E-state index in [1.165, 1.54) is 6.08 Å². The highest BCUT2D eigenvalue weighted by Gasteiger charge is 1.99. The molecule has 82 valence electrons. The second-order valence-electron chi connectivity index (χ2n) is 3.19. The number of hydrogen-bond acceptors (Lipinski definition) is 2. The van der Waals surface area contributed by atoms with E-state index in [0.717, 1.165) is 21.7 Å². The molecule has 0 bridgehead atoms. The molecule has 0 saturated carbocycles. The lowest BCUT2D eigenvalue weighted by Crippen LogP contribution is -1.88. The van der Waals surface area contributed by atoms with Crippen molar-refractivity contribution < 1.29 is 9.90 Å². The van der Waals surface area contributed by atoms with Crippen LogP contribution in [-0.2, 0) is 11.2 Å². The largest absolute Gasteiger partial charge is 0.478 e.